The van der Waals surface area contributed by atoms with E-state index >= 15 is 0 Å². The van der Waals surface area contributed by atoms with E-state index in [1.54, 1.807) is 0 Å². The molecule has 0 N–H and O–H groups in total. The van der Waals surface area contributed by atoms with Crippen LogP contribution in [0.1, 0.15) is 23.9 Å². The minimum atomic E-state index is 0.121. The highest BCUT2D eigenvalue weighted by atomic mass is 16.5. The Morgan fingerprint density at radius 2 is 2.29 bits per heavy atom. The van der Waals surface area contributed by atoms with Crippen LogP contribution in [0.25, 0.3) is 0 Å². The number of ether oxygens (including phenoxy) is 1. The van der Waals surface area contributed by atoms with Gasteiger partial charge in [-0.15, -0.1) is 0 Å². The van der Waals surface area contributed by atoms with Crippen molar-refractivity contribution in [1.29, 1.82) is 0 Å². The maximum atomic E-state index is 12.2. The number of nitrogens with zero attached hydrogens (tertiary/aromatic N) is 2. The Morgan fingerprint density at radius 3 is 2.88 bits per heavy atom. The van der Waals surface area contributed by atoms with Crippen molar-refractivity contribution < 1.29 is 14.1 Å². The molecule has 0 aromatic carbocycles. The molecule has 1 saturated heterocycles. The molecule has 5 nitrogen and oxygen atoms in total. The number of carbonyl (C=O) groups excluding carboxylic acids is 1. The molecule has 1 amide bonds. The number of carbonyl (C=O) groups is 1. The lowest BCUT2D eigenvalue weighted by atomic mass is 10.1. The average Bonchev–Trinajstić information content (AvgIpc) is 2.61. The van der Waals surface area contributed by atoms with Crippen LogP contribution in [0.5, 0.6) is 0 Å². The highest BCUT2D eigenvalue weighted by Gasteiger charge is 2.25. The Hall–Kier alpha value is -1.36. The zero-order chi connectivity index (χ0) is 12.4. The van der Waals surface area contributed by atoms with Crippen LogP contribution < -0.4 is 0 Å². The molecule has 1 aromatic rings. The maximum Gasteiger partial charge on any atom is 0.227 e. The van der Waals surface area contributed by atoms with Crippen LogP contribution in [-0.4, -0.2) is 41.8 Å². The van der Waals surface area contributed by atoms with Crippen LogP contribution >= 0.6 is 0 Å². The molecule has 1 aromatic heterocycles. The first-order valence-electron chi connectivity index (χ1n) is 5.88. The smallest absolute Gasteiger partial charge is 0.227 e. The minimum absolute atomic E-state index is 0.121. The molecule has 2 rings (SSSR count). The lowest BCUT2D eigenvalue weighted by molar-refractivity contribution is -0.138. The normalized spacial score (nSPS) is 20.6. The number of aromatic nitrogens is 1. The predicted molar refractivity (Wildman–Crippen MR) is 61.7 cm³/mol. The zero-order valence-electron chi connectivity index (χ0n) is 10.5. The van der Waals surface area contributed by atoms with Crippen molar-refractivity contribution in [2.45, 2.75) is 33.2 Å². The molecule has 17 heavy (non-hydrogen) atoms. The van der Waals surface area contributed by atoms with Gasteiger partial charge in [-0.2, -0.15) is 0 Å². The first kappa shape index (κ1) is 12.1. The van der Waals surface area contributed by atoms with Gasteiger partial charge in [0, 0.05) is 12.1 Å². The summed E-state index contributed by atoms with van der Waals surface area (Å²) in [5.41, 5.74) is 1.71. The minimum Gasteiger partial charge on any atom is -0.377 e. The summed E-state index contributed by atoms with van der Waals surface area (Å²) in [7, 11) is 0. The summed E-state index contributed by atoms with van der Waals surface area (Å²) in [5.74, 6) is 0.854. The molecule has 1 aliphatic heterocycles. The summed E-state index contributed by atoms with van der Waals surface area (Å²) < 4.78 is 10.4. The molecule has 0 bridgehead atoms. The van der Waals surface area contributed by atoms with Gasteiger partial charge in [0.05, 0.1) is 31.4 Å². The van der Waals surface area contributed by atoms with Crippen LogP contribution in [0.2, 0.25) is 0 Å². The van der Waals surface area contributed by atoms with Crippen molar-refractivity contribution in [3.63, 3.8) is 0 Å². The molecule has 1 aliphatic rings. The maximum absolute atomic E-state index is 12.2. The van der Waals surface area contributed by atoms with Crippen molar-refractivity contribution in [3.8, 4) is 0 Å². The van der Waals surface area contributed by atoms with Gasteiger partial charge in [0.25, 0.3) is 0 Å². The van der Waals surface area contributed by atoms with Crippen molar-refractivity contribution in [2.75, 3.05) is 19.8 Å². The van der Waals surface area contributed by atoms with Crippen molar-refractivity contribution >= 4 is 5.91 Å². The molecule has 1 fully saturated rings. The van der Waals surface area contributed by atoms with Gasteiger partial charge in [0.2, 0.25) is 5.91 Å². The largest absolute Gasteiger partial charge is 0.377 e. The van der Waals surface area contributed by atoms with Gasteiger partial charge in [0.1, 0.15) is 5.76 Å². The summed E-state index contributed by atoms with van der Waals surface area (Å²) in [6.07, 6.45) is 0.367. The number of hydrogen-bond donors (Lipinski definition) is 0. The zero-order valence-corrected chi connectivity index (χ0v) is 10.5. The van der Waals surface area contributed by atoms with E-state index < -0.39 is 0 Å². The number of morpholine rings is 1. The second-order valence-electron chi connectivity index (χ2n) is 4.49. The number of hydrogen-bond acceptors (Lipinski definition) is 4. The van der Waals surface area contributed by atoms with Crippen LogP contribution in [0, 0.1) is 13.8 Å². The summed E-state index contributed by atoms with van der Waals surface area (Å²) in [6, 6.07) is 0.150. The van der Waals surface area contributed by atoms with Gasteiger partial charge in [-0.25, -0.2) is 0 Å². The van der Waals surface area contributed by atoms with Crippen LogP contribution in [0.3, 0.4) is 0 Å². The van der Waals surface area contributed by atoms with E-state index in [0.29, 0.717) is 26.2 Å². The van der Waals surface area contributed by atoms with E-state index in [1.807, 2.05) is 25.7 Å². The Labute approximate surface area is 101 Å². The van der Waals surface area contributed by atoms with Crippen LogP contribution in [0.15, 0.2) is 4.52 Å². The average molecular weight is 238 g/mol. The first-order valence-corrected chi connectivity index (χ1v) is 5.88. The van der Waals surface area contributed by atoms with E-state index in [4.69, 9.17) is 9.26 Å². The highest BCUT2D eigenvalue weighted by Crippen LogP contribution is 2.16. The Kier molecular flexibility index (Phi) is 3.47. The van der Waals surface area contributed by atoms with Gasteiger partial charge in [-0.1, -0.05) is 5.16 Å². The van der Waals surface area contributed by atoms with Gasteiger partial charge < -0.3 is 14.2 Å². The quantitative estimate of drug-likeness (QED) is 0.773. The first-order chi connectivity index (χ1) is 8.09. The fourth-order valence-corrected chi connectivity index (χ4v) is 2.10. The summed E-state index contributed by atoms with van der Waals surface area (Å²) in [5, 5.41) is 3.86. The lowest BCUT2D eigenvalue weighted by Gasteiger charge is -2.33. The topological polar surface area (TPSA) is 55.6 Å². The number of amides is 1. The molecule has 5 heteroatoms. The standard InChI is InChI=1S/C12H18N2O3/c1-8-7-16-5-4-14(8)12(15)6-11-9(2)13-17-10(11)3/h8H,4-7H2,1-3H3/t8-/m1/s1. The Morgan fingerprint density at radius 1 is 1.53 bits per heavy atom. The van der Waals surface area contributed by atoms with E-state index in [0.717, 1.165) is 17.0 Å². The van der Waals surface area contributed by atoms with Gasteiger partial charge in [0.15, 0.2) is 0 Å². The molecule has 2 heterocycles. The van der Waals surface area contributed by atoms with E-state index in [-0.39, 0.29) is 11.9 Å². The highest BCUT2D eigenvalue weighted by molar-refractivity contribution is 5.79. The van der Waals surface area contributed by atoms with Gasteiger partial charge in [-0.05, 0) is 20.8 Å². The van der Waals surface area contributed by atoms with Crippen molar-refractivity contribution in [2.24, 2.45) is 0 Å². The van der Waals surface area contributed by atoms with Crippen molar-refractivity contribution in [1.82, 2.24) is 10.1 Å². The molecule has 0 radical (unpaired) electrons. The second-order valence-corrected chi connectivity index (χ2v) is 4.49. The van der Waals surface area contributed by atoms with Crippen LogP contribution in [-0.2, 0) is 16.0 Å². The van der Waals surface area contributed by atoms with Crippen molar-refractivity contribution in [3.05, 3.63) is 17.0 Å². The molecule has 0 aliphatic carbocycles. The number of rotatable bonds is 2. The van der Waals surface area contributed by atoms with Crippen LogP contribution in [0.4, 0.5) is 0 Å². The molecule has 0 spiro atoms. The Bertz CT molecular complexity index is 394. The monoisotopic (exact) mass is 238 g/mol. The fraction of sp³-hybridized carbons (Fsp3) is 0.667. The Balaban J connectivity index is 2.06. The molecular weight excluding hydrogens is 220 g/mol. The summed E-state index contributed by atoms with van der Waals surface area (Å²) >= 11 is 0. The van der Waals surface area contributed by atoms with E-state index in [9.17, 15) is 4.79 Å². The molecule has 0 saturated carbocycles. The summed E-state index contributed by atoms with van der Waals surface area (Å²) in [6.45, 7) is 7.62. The molecule has 1 atom stereocenters. The van der Waals surface area contributed by atoms with Gasteiger partial charge in [-0.3, -0.25) is 4.79 Å². The third-order valence-electron chi connectivity index (χ3n) is 3.20. The van der Waals surface area contributed by atoms with E-state index in [1.165, 1.54) is 0 Å². The summed E-state index contributed by atoms with van der Waals surface area (Å²) in [4.78, 5) is 14.1. The SMILES string of the molecule is Cc1noc(C)c1CC(=O)N1CCOC[C@H]1C. The third-order valence-corrected chi connectivity index (χ3v) is 3.20. The third kappa shape index (κ3) is 2.49. The molecular formula is C12H18N2O3. The predicted octanol–water partition coefficient (Wildman–Crippen LogP) is 1.08. The second kappa shape index (κ2) is 4.87. The van der Waals surface area contributed by atoms with E-state index in [2.05, 4.69) is 5.16 Å². The molecule has 0 unspecified atom stereocenters. The molecule has 94 valence electrons. The van der Waals surface area contributed by atoms with Gasteiger partial charge >= 0.3 is 0 Å². The number of aryl methyl sites for hydroxylation is 2. The fourth-order valence-electron chi connectivity index (χ4n) is 2.10. The lowest BCUT2D eigenvalue weighted by Crippen LogP contribution is -2.47.